The number of urea groups is 1. The van der Waals surface area contributed by atoms with Gasteiger partial charge in [0.15, 0.2) is 0 Å². The normalized spacial score (nSPS) is 24.4. The van der Waals surface area contributed by atoms with Gasteiger partial charge in [-0.1, -0.05) is 0 Å². The van der Waals surface area contributed by atoms with Crippen LogP contribution in [0.25, 0.3) is 0 Å². The van der Waals surface area contributed by atoms with Crippen molar-refractivity contribution >= 4 is 6.03 Å². The minimum Gasteiger partial charge on any atom is -0.389 e. The summed E-state index contributed by atoms with van der Waals surface area (Å²) in [5.74, 6) is 0. The number of hydrogen-bond acceptors (Lipinski definition) is 3. The number of aliphatic hydroxyl groups excluding tert-OH is 1. The maximum atomic E-state index is 11.6. The second-order valence-corrected chi connectivity index (χ2v) is 3.44. The minimum atomic E-state index is -0.315. The van der Waals surface area contributed by atoms with Crippen molar-refractivity contribution in [3.05, 3.63) is 0 Å². The van der Waals surface area contributed by atoms with Gasteiger partial charge in [0.1, 0.15) is 0 Å². The van der Waals surface area contributed by atoms with Crippen LogP contribution >= 0.6 is 0 Å². The third-order valence-corrected chi connectivity index (χ3v) is 2.41. The number of nitrogens with zero attached hydrogens (tertiary/aromatic N) is 2. The smallest absolute Gasteiger partial charge is 0.320 e. The number of ether oxygens (including phenoxy) is 1. The van der Waals surface area contributed by atoms with E-state index >= 15 is 0 Å². The van der Waals surface area contributed by atoms with E-state index in [0.29, 0.717) is 39.4 Å². The average Bonchev–Trinajstić information content (AvgIpc) is 2.13. The zero-order valence-corrected chi connectivity index (χ0v) is 7.48. The molecule has 0 aromatic rings. The van der Waals surface area contributed by atoms with Crippen LogP contribution in [0.5, 0.6) is 0 Å². The molecular formula is C8H14N2O3. The van der Waals surface area contributed by atoms with E-state index in [1.165, 1.54) is 0 Å². The Bertz CT molecular complexity index is 198. The maximum Gasteiger partial charge on any atom is 0.320 e. The number of morpholine rings is 1. The van der Waals surface area contributed by atoms with Gasteiger partial charge in [0.25, 0.3) is 0 Å². The molecule has 13 heavy (non-hydrogen) atoms. The Hall–Kier alpha value is -0.810. The number of aliphatic hydroxyl groups is 1. The molecule has 0 bridgehead atoms. The van der Waals surface area contributed by atoms with Crippen molar-refractivity contribution in [3.63, 3.8) is 0 Å². The first kappa shape index (κ1) is 8.77. The maximum absolute atomic E-state index is 11.6. The number of amides is 2. The van der Waals surface area contributed by atoms with Crippen molar-refractivity contribution in [1.82, 2.24) is 9.80 Å². The summed E-state index contributed by atoms with van der Waals surface area (Å²) in [6.07, 6.45) is -0.315. The van der Waals surface area contributed by atoms with Crippen LogP contribution in [-0.2, 0) is 4.74 Å². The highest BCUT2D eigenvalue weighted by molar-refractivity contribution is 5.75. The highest BCUT2D eigenvalue weighted by Crippen LogP contribution is 2.11. The first-order valence-corrected chi connectivity index (χ1v) is 4.57. The summed E-state index contributed by atoms with van der Waals surface area (Å²) in [6.45, 7) is 3.56. The molecule has 5 heteroatoms. The molecule has 2 aliphatic heterocycles. The molecule has 2 saturated heterocycles. The van der Waals surface area contributed by atoms with Crippen LogP contribution in [-0.4, -0.2) is 66.4 Å². The van der Waals surface area contributed by atoms with Gasteiger partial charge in [-0.3, -0.25) is 0 Å². The lowest BCUT2D eigenvalue weighted by atomic mass is 10.2. The molecule has 74 valence electrons. The lowest BCUT2D eigenvalue weighted by Gasteiger charge is -2.40. The number of rotatable bonds is 0. The molecular weight excluding hydrogens is 172 g/mol. The Morgan fingerprint density at radius 2 is 1.85 bits per heavy atom. The van der Waals surface area contributed by atoms with E-state index in [-0.39, 0.29) is 12.1 Å². The number of hydrogen-bond donors (Lipinski definition) is 1. The van der Waals surface area contributed by atoms with Gasteiger partial charge in [-0.2, -0.15) is 0 Å². The SMILES string of the molecule is O=C(N1CCOCC1)N1CC(O)C1. The third-order valence-electron chi connectivity index (χ3n) is 2.41. The number of likely N-dealkylation sites (tertiary alicyclic amines) is 1. The first-order chi connectivity index (χ1) is 6.27. The van der Waals surface area contributed by atoms with Crippen molar-refractivity contribution in [2.45, 2.75) is 6.10 Å². The zero-order chi connectivity index (χ0) is 9.26. The van der Waals surface area contributed by atoms with E-state index in [4.69, 9.17) is 9.84 Å². The molecule has 2 amide bonds. The van der Waals surface area contributed by atoms with Gasteiger partial charge in [-0.05, 0) is 0 Å². The molecule has 0 saturated carbocycles. The number of β-amino-alcohol motifs (C(OH)–C–C–N with tert-alkyl or cyclic N) is 1. The van der Waals surface area contributed by atoms with Crippen LogP contribution in [0.3, 0.4) is 0 Å². The van der Waals surface area contributed by atoms with Crippen LogP contribution < -0.4 is 0 Å². The molecule has 0 aromatic heterocycles. The summed E-state index contributed by atoms with van der Waals surface area (Å²) >= 11 is 0. The molecule has 0 spiro atoms. The molecule has 1 N–H and O–H groups in total. The van der Waals surface area contributed by atoms with Crippen LogP contribution in [0, 0.1) is 0 Å². The predicted octanol–water partition coefficient (Wildman–Crippen LogP) is -0.885. The molecule has 0 aliphatic carbocycles. The molecule has 0 radical (unpaired) electrons. The fraction of sp³-hybridized carbons (Fsp3) is 0.875. The van der Waals surface area contributed by atoms with Crippen molar-refractivity contribution in [2.24, 2.45) is 0 Å². The summed E-state index contributed by atoms with van der Waals surface area (Å²) in [4.78, 5) is 15.0. The van der Waals surface area contributed by atoms with Gasteiger partial charge in [0.05, 0.1) is 32.4 Å². The molecule has 2 rings (SSSR count). The Morgan fingerprint density at radius 1 is 1.23 bits per heavy atom. The molecule has 2 fully saturated rings. The van der Waals surface area contributed by atoms with Gasteiger partial charge < -0.3 is 19.6 Å². The summed E-state index contributed by atoms with van der Waals surface area (Å²) in [5, 5.41) is 9.03. The monoisotopic (exact) mass is 186 g/mol. The summed E-state index contributed by atoms with van der Waals surface area (Å²) in [6, 6.07) is 0.0357. The van der Waals surface area contributed by atoms with Crippen LogP contribution in [0.4, 0.5) is 4.79 Å². The van der Waals surface area contributed by atoms with Crippen molar-refractivity contribution in [2.75, 3.05) is 39.4 Å². The topological polar surface area (TPSA) is 53.0 Å². The zero-order valence-electron chi connectivity index (χ0n) is 7.48. The van der Waals surface area contributed by atoms with Crippen LogP contribution in [0.15, 0.2) is 0 Å². The van der Waals surface area contributed by atoms with Gasteiger partial charge in [-0.25, -0.2) is 4.79 Å². The molecule has 2 heterocycles. The van der Waals surface area contributed by atoms with Gasteiger partial charge in [0, 0.05) is 13.1 Å². The summed E-state index contributed by atoms with van der Waals surface area (Å²) in [7, 11) is 0. The molecule has 0 unspecified atom stereocenters. The Kier molecular flexibility index (Phi) is 2.37. The highest BCUT2D eigenvalue weighted by atomic mass is 16.5. The molecule has 5 nitrogen and oxygen atoms in total. The largest absolute Gasteiger partial charge is 0.389 e. The first-order valence-electron chi connectivity index (χ1n) is 4.57. The molecule has 0 atom stereocenters. The van der Waals surface area contributed by atoms with Gasteiger partial charge in [-0.15, -0.1) is 0 Å². The van der Waals surface area contributed by atoms with E-state index in [0.717, 1.165) is 0 Å². The quantitative estimate of drug-likeness (QED) is 0.534. The average molecular weight is 186 g/mol. The van der Waals surface area contributed by atoms with Crippen molar-refractivity contribution in [3.8, 4) is 0 Å². The molecule has 0 aromatic carbocycles. The summed E-state index contributed by atoms with van der Waals surface area (Å²) in [5.41, 5.74) is 0. The van der Waals surface area contributed by atoms with Crippen molar-refractivity contribution < 1.29 is 14.6 Å². The van der Waals surface area contributed by atoms with Gasteiger partial charge >= 0.3 is 6.03 Å². The van der Waals surface area contributed by atoms with E-state index in [1.807, 2.05) is 0 Å². The van der Waals surface area contributed by atoms with E-state index < -0.39 is 0 Å². The lowest BCUT2D eigenvalue weighted by molar-refractivity contribution is -0.00243. The van der Waals surface area contributed by atoms with E-state index in [2.05, 4.69) is 0 Å². The van der Waals surface area contributed by atoms with Crippen molar-refractivity contribution in [1.29, 1.82) is 0 Å². The Balaban J connectivity index is 1.82. The number of carbonyl (C=O) groups is 1. The summed E-state index contributed by atoms with van der Waals surface area (Å²) < 4.78 is 5.14. The van der Waals surface area contributed by atoms with Crippen LogP contribution in [0.1, 0.15) is 0 Å². The second kappa shape index (κ2) is 3.51. The Labute approximate surface area is 76.9 Å². The van der Waals surface area contributed by atoms with Crippen LogP contribution in [0.2, 0.25) is 0 Å². The highest BCUT2D eigenvalue weighted by Gasteiger charge is 2.32. The minimum absolute atomic E-state index is 0.0357. The molecule has 2 aliphatic rings. The standard InChI is InChI=1S/C8H14N2O3/c11-7-5-10(6-7)8(12)9-1-3-13-4-2-9/h7,11H,1-6H2. The predicted molar refractivity (Wildman–Crippen MR) is 45.4 cm³/mol. The Morgan fingerprint density at radius 3 is 2.38 bits per heavy atom. The second-order valence-electron chi connectivity index (χ2n) is 3.44. The lowest BCUT2D eigenvalue weighted by Crippen LogP contribution is -2.59. The fourth-order valence-electron chi connectivity index (χ4n) is 1.57. The fourth-order valence-corrected chi connectivity index (χ4v) is 1.57. The van der Waals surface area contributed by atoms with E-state index in [9.17, 15) is 4.79 Å². The van der Waals surface area contributed by atoms with Gasteiger partial charge in [0.2, 0.25) is 0 Å². The third kappa shape index (κ3) is 1.76. The van der Waals surface area contributed by atoms with E-state index in [1.54, 1.807) is 9.80 Å². The number of carbonyl (C=O) groups excluding carboxylic acids is 1.